The molecule has 0 heterocycles. The molecule has 5 heteroatoms. The van der Waals surface area contributed by atoms with Crippen molar-refractivity contribution in [2.75, 3.05) is 27.4 Å². The number of carbonyl (C=O) groups is 1. The largest absolute Gasteiger partial charge is 0.394 e. The van der Waals surface area contributed by atoms with Crippen LogP contribution in [0, 0.1) is 0 Å². The first-order chi connectivity index (χ1) is 6.95. The highest BCUT2D eigenvalue weighted by molar-refractivity contribution is 5.77. The van der Waals surface area contributed by atoms with Crippen molar-refractivity contribution in [1.29, 1.82) is 0 Å². The summed E-state index contributed by atoms with van der Waals surface area (Å²) in [5.41, 5.74) is -0.489. The van der Waals surface area contributed by atoms with Crippen LogP contribution in [0.25, 0.3) is 0 Å². The Bertz CT molecular complexity index is 194. The third-order valence-corrected chi connectivity index (χ3v) is 2.09. The van der Waals surface area contributed by atoms with E-state index in [4.69, 9.17) is 14.6 Å². The predicted molar refractivity (Wildman–Crippen MR) is 56.6 cm³/mol. The fourth-order valence-electron chi connectivity index (χ4n) is 1.08. The van der Waals surface area contributed by atoms with Crippen molar-refractivity contribution in [3.8, 4) is 0 Å². The van der Waals surface area contributed by atoms with Gasteiger partial charge in [-0.25, -0.2) is 0 Å². The summed E-state index contributed by atoms with van der Waals surface area (Å²) in [6.07, 6.45) is 0.254. The van der Waals surface area contributed by atoms with Gasteiger partial charge in [-0.15, -0.1) is 0 Å². The summed E-state index contributed by atoms with van der Waals surface area (Å²) < 4.78 is 9.98. The lowest BCUT2D eigenvalue weighted by Crippen LogP contribution is -2.43. The Kier molecular flexibility index (Phi) is 6.47. The van der Waals surface area contributed by atoms with Gasteiger partial charge in [0.15, 0.2) is 0 Å². The highest BCUT2D eigenvalue weighted by Crippen LogP contribution is 2.12. The Labute approximate surface area is 90.8 Å². The highest BCUT2D eigenvalue weighted by Gasteiger charge is 2.22. The van der Waals surface area contributed by atoms with Crippen LogP contribution in [0.1, 0.15) is 20.3 Å². The molecule has 1 unspecified atom stereocenters. The minimum absolute atomic E-state index is 0.132. The van der Waals surface area contributed by atoms with E-state index >= 15 is 0 Å². The molecular formula is C10H21NO4. The maximum Gasteiger partial charge on any atom is 0.223 e. The van der Waals surface area contributed by atoms with Gasteiger partial charge in [0, 0.05) is 14.2 Å². The fourth-order valence-corrected chi connectivity index (χ4v) is 1.08. The highest BCUT2D eigenvalue weighted by atomic mass is 16.5. The molecule has 0 radical (unpaired) electrons. The van der Waals surface area contributed by atoms with E-state index in [0.29, 0.717) is 6.61 Å². The minimum atomic E-state index is -0.489. The quantitative estimate of drug-likeness (QED) is 0.628. The van der Waals surface area contributed by atoms with Crippen LogP contribution in [-0.2, 0) is 14.3 Å². The number of amides is 1. The van der Waals surface area contributed by atoms with Gasteiger partial charge >= 0.3 is 0 Å². The molecular weight excluding hydrogens is 198 g/mol. The van der Waals surface area contributed by atoms with Crippen molar-refractivity contribution in [2.45, 2.75) is 31.9 Å². The molecule has 0 aliphatic heterocycles. The minimum Gasteiger partial charge on any atom is -0.394 e. The third-order valence-electron chi connectivity index (χ3n) is 2.09. The van der Waals surface area contributed by atoms with E-state index in [2.05, 4.69) is 5.32 Å². The zero-order valence-electron chi connectivity index (χ0n) is 9.87. The van der Waals surface area contributed by atoms with Gasteiger partial charge < -0.3 is 19.9 Å². The van der Waals surface area contributed by atoms with E-state index in [0.717, 1.165) is 0 Å². The average molecular weight is 219 g/mol. The molecule has 0 aliphatic rings. The maximum atomic E-state index is 11.5. The SMILES string of the molecule is COCC(CO)NC(=O)CC(C)(C)OC. The number of ether oxygens (including phenoxy) is 2. The molecule has 2 N–H and O–H groups in total. The molecule has 90 valence electrons. The molecule has 1 atom stereocenters. The second kappa shape index (κ2) is 6.76. The number of nitrogens with one attached hydrogen (secondary N) is 1. The van der Waals surface area contributed by atoms with Crippen LogP contribution >= 0.6 is 0 Å². The van der Waals surface area contributed by atoms with Crippen LogP contribution in [-0.4, -0.2) is 50.1 Å². The van der Waals surface area contributed by atoms with Crippen LogP contribution in [0.2, 0.25) is 0 Å². The third kappa shape index (κ3) is 6.43. The molecule has 15 heavy (non-hydrogen) atoms. The number of rotatable bonds is 7. The zero-order valence-corrected chi connectivity index (χ0v) is 9.87. The molecule has 0 aromatic heterocycles. The maximum absolute atomic E-state index is 11.5. The fraction of sp³-hybridized carbons (Fsp3) is 0.900. The number of aliphatic hydroxyl groups excluding tert-OH is 1. The molecule has 0 fully saturated rings. The van der Waals surface area contributed by atoms with Gasteiger partial charge in [0.05, 0.1) is 31.3 Å². The molecule has 0 aliphatic carbocycles. The van der Waals surface area contributed by atoms with Crippen molar-refractivity contribution in [3.63, 3.8) is 0 Å². The second-order valence-electron chi connectivity index (χ2n) is 4.04. The molecule has 0 rings (SSSR count). The molecule has 0 aromatic carbocycles. The lowest BCUT2D eigenvalue weighted by molar-refractivity contribution is -0.127. The summed E-state index contributed by atoms with van der Waals surface area (Å²) in [6, 6.07) is -0.352. The van der Waals surface area contributed by atoms with E-state index in [1.54, 1.807) is 7.11 Å². The van der Waals surface area contributed by atoms with Gasteiger partial charge in [0.1, 0.15) is 0 Å². The average Bonchev–Trinajstić information content (AvgIpc) is 2.16. The molecule has 0 spiro atoms. The van der Waals surface area contributed by atoms with E-state index in [1.807, 2.05) is 13.8 Å². The smallest absolute Gasteiger partial charge is 0.223 e. The van der Waals surface area contributed by atoms with Crippen LogP contribution in [0.4, 0.5) is 0 Å². The first kappa shape index (κ1) is 14.3. The first-order valence-corrected chi connectivity index (χ1v) is 4.89. The molecule has 0 saturated heterocycles. The molecule has 0 aromatic rings. The number of methoxy groups -OCH3 is 2. The topological polar surface area (TPSA) is 67.8 Å². The summed E-state index contributed by atoms with van der Waals surface area (Å²) in [4.78, 5) is 11.5. The molecule has 5 nitrogen and oxygen atoms in total. The normalized spacial score (nSPS) is 13.7. The summed E-state index contributed by atoms with van der Waals surface area (Å²) in [7, 11) is 3.08. The number of aliphatic hydroxyl groups is 1. The summed E-state index contributed by atoms with van der Waals surface area (Å²) in [5.74, 6) is -0.155. The summed E-state index contributed by atoms with van der Waals surface area (Å²) in [5, 5.41) is 11.6. The molecule has 0 bridgehead atoms. The van der Waals surface area contributed by atoms with Gasteiger partial charge in [-0.2, -0.15) is 0 Å². The van der Waals surface area contributed by atoms with Gasteiger partial charge in [0.25, 0.3) is 0 Å². The standard InChI is InChI=1S/C10H21NO4/c1-10(2,15-4)5-9(13)11-8(6-12)7-14-3/h8,12H,5-7H2,1-4H3,(H,11,13). The van der Waals surface area contributed by atoms with E-state index in [1.165, 1.54) is 7.11 Å². The van der Waals surface area contributed by atoms with Crippen molar-refractivity contribution < 1.29 is 19.4 Å². The van der Waals surface area contributed by atoms with Crippen LogP contribution in [0.5, 0.6) is 0 Å². The number of carbonyl (C=O) groups excluding carboxylic acids is 1. The number of hydrogen-bond donors (Lipinski definition) is 2. The van der Waals surface area contributed by atoms with E-state index in [9.17, 15) is 4.79 Å². The van der Waals surface area contributed by atoms with Crippen molar-refractivity contribution in [3.05, 3.63) is 0 Å². The first-order valence-electron chi connectivity index (χ1n) is 4.89. The van der Waals surface area contributed by atoms with E-state index < -0.39 is 5.60 Å². The lowest BCUT2D eigenvalue weighted by atomic mass is 10.0. The van der Waals surface area contributed by atoms with Crippen molar-refractivity contribution in [2.24, 2.45) is 0 Å². The Morgan fingerprint density at radius 2 is 2.07 bits per heavy atom. The van der Waals surface area contributed by atoms with Crippen LogP contribution in [0.15, 0.2) is 0 Å². The molecule has 1 amide bonds. The van der Waals surface area contributed by atoms with E-state index in [-0.39, 0.29) is 25.0 Å². The molecule has 0 saturated carbocycles. The van der Waals surface area contributed by atoms with Crippen LogP contribution < -0.4 is 5.32 Å². The van der Waals surface area contributed by atoms with Gasteiger partial charge in [-0.3, -0.25) is 4.79 Å². The zero-order chi connectivity index (χ0) is 11.9. The van der Waals surface area contributed by atoms with Gasteiger partial charge in [-0.05, 0) is 13.8 Å². The van der Waals surface area contributed by atoms with Gasteiger partial charge in [-0.1, -0.05) is 0 Å². The number of hydrogen-bond acceptors (Lipinski definition) is 4. The van der Waals surface area contributed by atoms with Gasteiger partial charge in [0.2, 0.25) is 5.91 Å². The Morgan fingerprint density at radius 3 is 2.47 bits per heavy atom. The summed E-state index contributed by atoms with van der Waals surface area (Å²) >= 11 is 0. The predicted octanol–water partition coefficient (Wildman–Crippen LogP) is -0.0750. The summed E-state index contributed by atoms with van der Waals surface area (Å²) in [6.45, 7) is 3.83. The van der Waals surface area contributed by atoms with Crippen molar-refractivity contribution in [1.82, 2.24) is 5.32 Å². The van der Waals surface area contributed by atoms with Crippen molar-refractivity contribution >= 4 is 5.91 Å². The Balaban J connectivity index is 4.01. The Hall–Kier alpha value is -0.650. The monoisotopic (exact) mass is 219 g/mol. The second-order valence-corrected chi connectivity index (χ2v) is 4.04. The van der Waals surface area contributed by atoms with Crippen LogP contribution in [0.3, 0.4) is 0 Å². The lowest BCUT2D eigenvalue weighted by Gasteiger charge is -2.23. The Morgan fingerprint density at radius 1 is 1.47 bits per heavy atom.